The lowest BCUT2D eigenvalue weighted by Gasteiger charge is -2.00. The van der Waals surface area contributed by atoms with Gasteiger partial charge in [0.25, 0.3) is 0 Å². The van der Waals surface area contributed by atoms with Gasteiger partial charge in [0, 0.05) is 13.1 Å². The number of hydrogen-bond acceptors (Lipinski definition) is 4. The lowest BCUT2D eigenvalue weighted by Crippen LogP contribution is -2.35. The van der Waals surface area contributed by atoms with Crippen molar-refractivity contribution in [1.82, 2.24) is 14.5 Å². The Morgan fingerprint density at radius 3 is 2.67 bits per heavy atom. The van der Waals surface area contributed by atoms with Crippen molar-refractivity contribution in [3.05, 3.63) is 64.7 Å². The van der Waals surface area contributed by atoms with Crippen molar-refractivity contribution in [3.63, 3.8) is 0 Å². The van der Waals surface area contributed by atoms with Gasteiger partial charge in [-0.3, -0.25) is 4.79 Å². The zero-order valence-corrected chi connectivity index (χ0v) is 12.6. The van der Waals surface area contributed by atoms with Crippen LogP contribution in [0, 0.1) is 5.82 Å². The molecule has 7 nitrogen and oxygen atoms in total. The van der Waals surface area contributed by atoms with Gasteiger partial charge in [-0.1, -0.05) is 27.4 Å². The Morgan fingerprint density at radius 1 is 1.17 bits per heavy atom. The minimum atomic E-state index is -0.454. The maximum atomic E-state index is 13.4. The van der Waals surface area contributed by atoms with Crippen LogP contribution in [0.4, 0.5) is 4.39 Å². The SMILES string of the molecule is Cn1c(=O)c2c(O)n(-c3cccc(F)c3)n[n+]2c2ccccc21.[OH-]. The first-order chi connectivity index (χ1) is 11.1. The number of aromatic hydroxyl groups is 1. The molecule has 0 saturated heterocycles. The summed E-state index contributed by atoms with van der Waals surface area (Å²) >= 11 is 0. The average molecular weight is 328 g/mol. The van der Waals surface area contributed by atoms with Gasteiger partial charge < -0.3 is 15.1 Å². The molecule has 0 saturated carbocycles. The largest absolute Gasteiger partial charge is 0.870 e. The van der Waals surface area contributed by atoms with E-state index in [-0.39, 0.29) is 22.4 Å². The highest BCUT2D eigenvalue weighted by Crippen LogP contribution is 2.19. The van der Waals surface area contributed by atoms with E-state index >= 15 is 0 Å². The molecule has 0 aliphatic carbocycles. The van der Waals surface area contributed by atoms with Gasteiger partial charge >= 0.3 is 17.0 Å². The fourth-order valence-corrected chi connectivity index (χ4v) is 2.70. The smallest absolute Gasteiger partial charge is 0.365 e. The first-order valence-electron chi connectivity index (χ1n) is 6.95. The molecular weight excluding hydrogens is 315 g/mol. The molecule has 2 aromatic carbocycles. The van der Waals surface area contributed by atoms with Crippen LogP contribution in [-0.4, -0.2) is 25.0 Å². The number of benzene rings is 2. The average Bonchev–Trinajstić information content (AvgIpc) is 2.90. The second-order valence-corrected chi connectivity index (χ2v) is 5.22. The quantitative estimate of drug-likeness (QED) is 0.530. The molecule has 0 aliphatic heterocycles. The van der Waals surface area contributed by atoms with Gasteiger partial charge in [-0.25, -0.2) is 4.39 Å². The Kier molecular flexibility index (Phi) is 3.53. The maximum absolute atomic E-state index is 13.4. The molecule has 4 rings (SSSR count). The number of aryl methyl sites for hydroxylation is 1. The van der Waals surface area contributed by atoms with Crippen LogP contribution in [0.5, 0.6) is 5.88 Å². The monoisotopic (exact) mass is 328 g/mol. The van der Waals surface area contributed by atoms with Gasteiger partial charge in [-0.2, -0.15) is 0 Å². The van der Waals surface area contributed by atoms with E-state index in [1.807, 2.05) is 12.1 Å². The van der Waals surface area contributed by atoms with Crippen LogP contribution in [0.2, 0.25) is 0 Å². The third-order valence-electron chi connectivity index (χ3n) is 3.83. The van der Waals surface area contributed by atoms with Gasteiger partial charge in [-0.15, -0.1) is 0 Å². The van der Waals surface area contributed by atoms with Gasteiger partial charge in [0.05, 0.1) is 5.52 Å². The summed E-state index contributed by atoms with van der Waals surface area (Å²) < 4.78 is 17.4. The molecule has 0 unspecified atom stereocenters. The van der Waals surface area contributed by atoms with Gasteiger partial charge in [-0.05, 0) is 24.3 Å². The molecule has 8 heteroatoms. The Bertz CT molecular complexity index is 1130. The van der Waals surface area contributed by atoms with Crippen molar-refractivity contribution in [2.75, 3.05) is 0 Å². The predicted octanol–water partition coefficient (Wildman–Crippen LogP) is 1.13. The normalized spacial score (nSPS) is 10.9. The van der Waals surface area contributed by atoms with Crippen LogP contribution < -0.4 is 10.1 Å². The molecule has 122 valence electrons. The van der Waals surface area contributed by atoms with Crippen molar-refractivity contribution in [2.45, 2.75) is 0 Å². The van der Waals surface area contributed by atoms with E-state index in [0.29, 0.717) is 16.7 Å². The van der Waals surface area contributed by atoms with Crippen LogP contribution in [0.3, 0.4) is 0 Å². The Morgan fingerprint density at radius 2 is 1.92 bits per heavy atom. The fourth-order valence-electron chi connectivity index (χ4n) is 2.70. The molecule has 0 atom stereocenters. The van der Waals surface area contributed by atoms with Crippen molar-refractivity contribution >= 4 is 16.6 Å². The molecule has 2 heterocycles. The summed E-state index contributed by atoms with van der Waals surface area (Å²) in [6.07, 6.45) is 0. The minimum absolute atomic E-state index is 0. The van der Waals surface area contributed by atoms with E-state index < -0.39 is 5.82 Å². The van der Waals surface area contributed by atoms with Crippen molar-refractivity contribution < 1.29 is 19.5 Å². The summed E-state index contributed by atoms with van der Waals surface area (Å²) in [6.45, 7) is 0. The van der Waals surface area contributed by atoms with Crippen LogP contribution in [0.1, 0.15) is 0 Å². The number of halogens is 1. The van der Waals surface area contributed by atoms with Crippen LogP contribution in [0.15, 0.2) is 53.3 Å². The van der Waals surface area contributed by atoms with E-state index in [0.717, 1.165) is 4.68 Å². The summed E-state index contributed by atoms with van der Waals surface area (Å²) in [4.78, 5) is 12.5. The van der Waals surface area contributed by atoms with E-state index in [2.05, 4.69) is 5.21 Å². The van der Waals surface area contributed by atoms with Crippen LogP contribution in [0.25, 0.3) is 22.2 Å². The molecule has 0 spiro atoms. The lowest BCUT2D eigenvalue weighted by molar-refractivity contribution is -0.556. The molecule has 0 fully saturated rings. The number of fused-ring (bicyclic) bond motifs is 3. The van der Waals surface area contributed by atoms with E-state index in [1.54, 1.807) is 25.2 Å². The van der Waals surface area contributed by atoms with Crippen molar-refractivity contribution in [3.8, 4) is 11.6 Å². The number of rotatable bonds is 1. The van der Waals surface area contributed by atoms with Crippen molar-refractivity contribution in [1.29, 1.82) is 0 Å². The molecule has 2 N–H and O–H groups in total. The molecule has 4 aromatic rings. The van der Waals surface area contributed by atoms with Gasteiger partial charge in [0.1, 0.15) is 11.0 Å². The molecule has 24 heavy (non-hydrogen) atoms. The first-order valence-corrected chi connectivity index (χ1v) is 6.95. The van der Waals surface area contributed by atoms with Crippen LogP contribution in [-0.2, 0) is 7.05 Å². The number of hydrogen-bond donors (Lipinski definition) is 1. The highest BCUT2D eigenvalue weighted by Gasteiger charge is 2.27. The standard InChI is InChI=1S/C16H11FN4O2.H2O/c1-19-12-7-2-3-8-13(12)21-14(15(19)22)16(23)20(18-21)11-6-4-5-10(17)9-11;/h2-9H,1H3;1H2. The topological polar surface area (TPSA) is 94.2 Å². The minimum Gasteiger partial charge on any atom is -0.870 e. The molecule has 0 aliphatic rings. The van der Waals surface area contributed by atoms with E-state index in [1.165, 1.54) is 27.3 Å². The second kappa shape index (κ2) is 5.43. The molecule has 0 radical (unpaired) electrons. The maximum Gasteiger partial charge on any atom is 0.365 e. The third-order valence-corrected chi connectivity index (χ3v) is 3.83. The predicted molar refractivity (Wildman–Crippen MR) is 83.0 cm³/mol. The van der Waals surface area contributed by atoms with Crippen molar-refractivity contribution in [2.24, 2.45) is 7.05 Å². The highest BCUT2D eigenvalue weighted by atomic mass is 19.1. The highest BCUT2D eigenvalue weighted by molar-refractivity contribution is 5.73. The van der Waals surface area contributed by atoms with E-state index in [9.17, 15) is 14.3 Å². The first kappa shape index (κ1) is 15.6. The second-order valence-electron chi connectivity index (χ2n) is 5.22. The third kappa shape index (κ3) is 2.04. The summed E-state index contributed by atoms with van der Waals surface area (Å²) in [5.41, 5.74) is 1.32. The van der Waals surface area contributed by atoms with Gasteiger partial charge in [0.2, 0.25) is 0 Å². The fraction of sp³-hybridized carbons (Fsp3) is 0.0625. The zero-order valence-electron chi connectivity index (χ0n) is 12.6. The zero-order chi connectivity index (χ0) is 16.1. The molecule has 2 aromatic heterocycles. The Hall–Kier alpha value is -3.26. The van der Waals surface area contributed by atoms with Gasteiger partial charge in [0.15, 0.2) is 11.2 Å². The lowest BCUT2D eigenvalue weighted by atomic mass is 10.3. The number of nitrogens with zero attached hydrogens (tertiary/aromatic N) is 4. The van der Waals surface area contributed by atoms with Crippen LogP contribution >= 0.6 is 0 Å². The summed E-state index contributed by atoms with van der Waals surface area (Å²) in [5.74, 6) is -0.786. The molecule has 0 amide bonds. The summed E-state index contributed by atoms with van der Waals surface area (Å²) in [7, 11) is 1.63. The molecule has 0 bridgehead atoms. The Balaban J connectivity index is 0.00000169. The van der Waals surface area contributed by atoms with E-state index in [4.69, 9.17) is 0 Å². The summed E-state index contributed by atoms with van der Waals surface area (Å²) in [6, 6.07) is 12.9. The molecular formula is C16H13FN4O3. The summed E-state index contributed by atoms with van der Waals surface area (Å²) in [5, 5.41) is 14.7. The number of para-hydroxylation sites is 2. The number of aromatic nitrogens is 4. The Labute approximate surface area is 134 Å².